The van der Waals surface area contributed by atoms with Gasteiger partial charge in [0.05, 0.1) is 17.2 Å². The van der Waals surface area contributed by atoms with E-state index in [2.05, 4.69) is 10.6 Å². The summed E-state index contributed by atoms with van der Waals surface area (Å²) in [6, 6.07) is 4.11. The molecule has 11 nitrogen and oxygen atoms in total. The molecule has 1 saturated heterocycles. The van der Waals surface area contributed by atoms with E-state index >= 15 is 0 Å². The van der Waals surface area contributed by atoms with Gasteiger partial charge in [-0.1, -0.05) is 0 Å². The van der Waals surface area contributed by atoms with E-state index in [0.29, 0.717) is 25.3 Å². The van der Waals surface area contributed by atoms with Gasteiger partial charge in [0.2, 0.25) is 11.8 Å². The Morgan fingerprint density at radius 3 is 2.64 bits per heavy atom. The van der Waals surface area contributed by atoms with Gasteiger partial charge in [0, 0.05) is 38.3 Å². The number of rotatable bonds is 8. The van der Waals surface area contributed by atoms with E-state index in [0.717, 1.165) is 17.7 Å². The van der Waals surface area contributed by atoms with Crippen molar-refractivity contribution in [3.05, 3.63) is 29.3 Å². The third-order valence-electron chi connectivity index (χ3n) is 6.22. The van der Waals surface area contributed by atoms with Crippen molar-refractivity contribution in [2.24, 2.45) is 0 Å². The number of nitrogens with one attached hydrogen (secondary N) is 2. The number of carboxylic acid groups (broad SMARTS) is 1. The monoisotopic (exact) mass is 458 g/mol. The van der Waals surface area contributed by atoms with Crippen molar-refractivity contribution in [1.82, 2.24) is 15.1 Å². The number of hydrogen-bond donors (Lipinski definition) is 3. The van der Waals surface area contributed by atoms with Crippen molar-refractivity contribution >= 4 is 35.4 Å². The minimum absolute atomic E-state index is 0.0811. The van der Waals surface area contributed by atoms with Gasteiger partial charge in [-0.15, -0.1) is 0 Å². The lowest BCUT2D eigenvalue weighted by Gasteiger charge is -2.36. The number of benzene rings is 1. The van der Waals surface area contributed by atoms with E-state index in [4.69, 9.17) is 9.84 Å². The van der Waals surface area contributed by atoms with E-state index in [1.54, 1.807) is 18.2 Å². The molecule has 2 heterocycles. The molecule has 1 unspecified atom stereocenters. The van der Waals surface area contributed by atoms with Gasteiger partial charge in [0.15, 0.2) is 0 Å². The van der Waals surface area contributed by atoms with Crippen LogP contribution in [0.4, 0.5) is 10.5 Å². The van der Waals surface area contributed by atoms with Gasteiger partial charge in [0.1, 0.15) is 6.04 Å². The number of anilines is 1. The Morgan fingerprint density at radius 2 is 1.94 bits per heavy atom. The molecular weight excluding hydrogens is 432 g/mol. The van der Waals surface area contributed by atoms with Gasteiger partial charge in [-0.2, -0.15) is 0 Å². The molecule has 1 aliphatic carbocycles. The lowest BCUT2D eigenvalue weighted by atomic mass is 9.89. The SMILES string of the molecule is CN(CCCOC1CC(Nc2ccc3c(c2)C(=O)N(C2CCC(=O)NC2=O)C3=O)C1)C(=O)O. The van der Waals surface area contributed by atoms with Gasteiger partial charge in [-0.3, -0.25) is 29.4 Å². The Labute approximate surface area is 190 Å². The van der Waals surface area contributed by atoms with Gasteiger partial charge in [0.25, 0.3) is 11.8 Å². The number of nitrogens with zero attached hydrogens (tertiary/aromatic N) is 2. The first-order chi connectivity index (χ1) is 15.7. The predicted molar refractivity (Wildman–Crippen MR) is 115 cm³/mol. The lowest BCUT2D eigenvalue weighted by Crippen LogP contribution is -2.54. The van der Waals surface area contributed by atoms with Crippen LogP contribution in [-0.4, -0.2) is 83.0 Å². The molecule has 0 spiro atoms. The third kappa shape index (κ3) is 4.68. The molecule has 176 valence electrons. The zero-order valence-electron chi connectivity index (χ0n) is 18.2. The fraction of sp³-hybridized carbons (Fsp3) is 0.500. The fourth-order valence-corrected chi connectivity index (χ4v) is 4.26. The molecule has 3 aliphatic rings. The van der Waals surface area contributed by atoms with Crippen molar-refractivity contribution in [1.29, 1.82) is 0 Å². The molecule has 11 heteroatoms. The van der Waals surface area contributed by atoms with Crippen LogP contribution in [0.15, 0.2) is 18.2 Å². The first-order valence-corrected chi connectivity index (χ1v) is 10.9. The summed E-state index contributed by atoms with van der Waals surface area (Å²) in [5.41, 5.74) is 1.19. The highest BCUT2D eigenvalue weighted by molar-refractivity contribution is 6.23. The molecule has 1 aromatic carbocycles. The zero-order valence-corrected chi connectivity index (χ0v) is 18.2. The highest BCUT2D eigenvalue weighted by atomic mass is 16.5. The molecule has 0 aromatic heterocycles. The quantitative estimate of drug-likeness (QED) is 0.387. The number of amides is 5. The highest BCUT2D eigenvalue weighted by Gasteiger charge is 2.44. The predicted octanol–water partition coefficient (Wildman–Crippen LogP) is 1.05. The Hall–Kier alpha value is -3.47. The minimum Gasteiger partial charge on any atom is -0.465 e. The van der Waals surface area contributed by atoms with Crippen LogP contribution in [0.5, 0.6) is 0 Å². The van der Waals surface area contributed by atoms with Crippen molar-refractivity contribution in [3.63, 3.8) is 0 Å². The normalized spacial score (nSPS) is 24.3. The van der Waals surface area contributed by atoms with Crippen molar-refractivity contribution in [3.8, 4) is 0 Å². The summed E-state index contributed by atoms with van der Waals surface area (Å²) in [7, 11) is 1.52. The van der Waals surface area contributed by atoms with Crippen LogP contribution in [0, 0.1) is 0 Å². The number of ether oxygens (including phenoxy) is 1. The lowest BCUT2D eigenvalue weighted by molar-refractivity contribution is -0.136. The second kappa shape index (κ2) is 9.18. The van der Waals surface area contributed by atoms with E-state index in [-0.39, 0.29) is 36.1 Å². The summed E-state index contributed by atoms with van der Waals surface area (Å²) in [5.74, 6) is -2.10. The Bertz CT molecular complexity index is 1000. The second-order valence-electron chi connectivity index (χ2n) is 8.57. The standard InChI is InChI=1S/C22H26N4O7/c1-25(22(31)32)7-2-8-33-14-9-13(10-14)23-12-3-4-15-16(11-12)21(30)26(20(15)29)17-5-6-18(27)24-19(17)28/h3-4,11,13-14,17,23H,2,5-10H2,1H3,(H,31,32)(H,24,27,28). The molecule has 3 N–H and O–H groups in total. The number of fused-ring (bicyclic) bond motifs is 1. The number of hydrogen-bond acceptors (Lipinski definition) is 7. The maximum atomic E-state index is 12.9. The molecule has 1 saturated carbocycles. The van der Waals surface area contributed by atoms with Crippen LogP contribution >= 0.6 is 0 Å². The van der Waals surface area contributed by atoms with E-state index in [1.165, 1.54) is 11.9 Å². The summed E-state index contributed by atoms with van der Waals surface area (Å²) in [4.78, 5) is 62.1. The first kappa shape index (κ1) is 22.7. The zero-order chi connectivity index (χ0) is 23.7. The molecular formula is C22H26N4O7. The Balaban J connectivity index is 1.28. The van der Waals surface area contributed by atoms with Crippen LogP contribution < -0.4 is 10.6 Å². The van der Waals surface area contributed by atoms with Crippen LogP contribution in [0.3, 0.4) is 0 Å². The van der Waals surface area contributed by atoms with Gasteiger partial charge in [-0.25, -0.2) is 4.79 Å². The van der Waals surface area contributed by atoms with Crippen molar-refractivity contribution < 1.29 is 33.8 Å². The van der Waals surface area contributed by atoms with E-state index in [9.17, 15) is 24.0 Å². The Kier molecular flexibility index (Phi) is 6.32. The molecule has 2 aliphatic heterocycles. The third-order valence-corrected chi connectivity index (χ3v) is 6.22. The summed E-state index contributed by atoms with van der Waals surface area (Å²) < 4.78 is 5.75. The van der Waals surface area contributed by atoms with Crippen molar-refractivity contribution in [2.45, 2.75) is 50.3 Å². The molecule has 0 radical (unpaired) electrons. The molecule has 33 heavy (non-hydrogen) atoms. The second-order valence-corrected chi connectivity index (χ2v) is 8.57. The van der Waals surface area contributed by atoms with Crippen LogP contribution in [-0.2, 0) is 14.3 Å². The van der Waals surface area contributed by atoms with Gasteiger partial charge in [-0.05, 0) is 43.9 Å². The van der Waals surface area contributed by atoms with Crippen LogP contribution in [0.2, 0.25) is 0 Å². The average Bonchev–Trinajstić information content (AvgIpc) is 2.98. The largest absolute Gasteiger partial charge is 0.465 e. The van der Waals surface area contributed by atoms with Gasteiger partial charge >= 0.3 is 6.09 Å². The number of imide groups is 2. The van der Waals surface area contributed by atoms with E-state index in [1.807, 2.05) is 0 Å². The summed E-state index contributed by atoms with van der Waals surface area (Å²) in [6.45, 7) is 0.905. The van der Waals surface area contributed by atoms with Crippen LogP contribution in [0.25, 0.3) is 0 Å². The minimum atomic E-state index is -0.980. The highest BCUT2D eigenvalue weighted by Crippen LogP contribution is 2.32. The molecule has 1 atom stereocenters. The smallest absolute Gasteiger partial charge is 0.407 e. The molecule has 4 rings (SSSR count). The molecule has 5 amide bonds. The molecule has 1 aromatic rings. The number of carbonyl (C=O) groups is 5. The van der Waals surface area contributed by atoms with Crippen molar-refractivity contribution in [2.75, 3.05) is 25.5 Å². The molecule has 0 bridgehead atoms. The maximum absolute atomic E-state index is 12.9. The summed E-state index contributed by atoms with van der Waals surface area (Å²) >= 11 is 0. The average molecular weight is 458 g/mol. The Morgan fingerprint density at radius 1 is 1.21 bits per heavy atom. The van der Waals surface area contributed by atoms with E-state index < -0.39 is 35.8 Å². The summed E-state index contributed by atoms with van der Waals surface area (Å²) in [6.07, 6.45) is 1.52. The van der Waals surface area contributed by atoms with Gasteiger partial charge < -0.3 is 20.1 Å². The summed E-state index contributed by atoms with van der Waals surface area (Å²) in [5, 5.41) is 14.3. The topological polar surface area (TPSA) is 145 Å². The fourth-order valence-electron chi connectivity index (χ4n) is 4.26. The first-order valence-electron chi connectivity index (χ1n) is 10.9. The number of piperidine rings is 1. The maximum Gasteiger partial charge on any atom is 0.407 e. The van der Waals surface area contributed by atoms with Crippen LogP contribution in [0.1, 0.15) is 52.8 Å². The molecule has 2 fully saturated rings. The number of carbonyl (C=O) groups excluding carboxylic acids is 4.